The zero-order chi connectivity index (χ0) is 15.5. The van der Waals surface area contributed by atoms with Crippen LogP contribution in [-0.4, -0.2) is 10.7 Å². The maximum Gasteiger partial charge on any atom is 0.116 e. The first kappa shape index (κ1) is 14.6. The Morgan fingerprint density at radius 1 is 1.23 bits per heavy atom. The van der Waals surface area contributed by atoms with E-state index in [9.17, 15) is 0 Å². The molecule has 1 aromatic carbocycles. The van der Waals surface area contributed by atoms with Gasteiger partial charge in [-0.2, -0.15) is 0 Å². The molecule has 1 heterocycles. The molecule has 1 atom stereocenters. The SMILES string of the molecule is C=C/C=C\C=C\N1C(=C)c2ccccc2N=C1C(C)C1CC1. The summed E-state index contributed by atoms with van der Waals surface area (Å²) < 4.78 is 0. The third kappa shape index (κ3) is 2.82. The van der Waals surface area contributed by atoms with Gasteiger partial charge in [-0.05, 0) is 30.9 Å². The van der Waals surface area contributed by atoms with E-state index in [-0.39, 0.29) is 0 Å². The monoisotopic (exact) mass is 290 g/mol. The first-order valence-corrected chi connectivity index (χ1v) is 7.84. The molecule has 112 valence electrons. The Bertz CT molecular complexity index is 675. The van der Waals surface area contributed by atoms with Crippen molar-refractivity contribution in [3.8, 4) is 0 Å². The number of hydrogen-bond donors (Lipinski definition) is 0. The van der Waals surface area contributed by atoms with E-state index in [0.717, 1.165) is 28.7 Å². The summed E-state index contributed by atoms with van der Waals surface area (Å²) in [6.45, 7) is 10.3. The number of amidine groups is 1. The van der Waals surface area contributed by atoms with Gasteiger partial charge in [-0.1, -0.05) is 56.5 Å². The Morgan fingerprint density at radius 2 is 2.00 bits per heavy atom. The minimum Gasteiger partial charge on any atom is -0.305 e. The second-order valence-corrected chi connectivity index (χ2v) is 5.89. The maximum atomic E-state index is 4.92. The van der Waals surface area contributed by atoms with E-state index >= 15 is 0 Å². The zero-order valence-electron chi connectivity index (χ0n) is 13.1. The molecule has 0 saturated heterocycles. The van der Waals surface area contributed by atoms with Gasteiger partial charge < -0.3 is 4.90 Å². The summed E-state index contributed by atoms with van der Waals surface area (Å²) in [4.78, 5) is 7.06. The molecule has 2 heteroatoms. The van der Waals surface area contributed by atoms with Gasteiger partial charge >= 0.3 is 0 Å². The summed E-state index contributed by atoms with van der Waals surface area (Å²) >= 11 is 0. The van der Waals surface area contributed by atoms with Crippen LogP contribution in [0.1, 0.15) is 25.3 Å². The van der Waals surface area contributed by atoms with Gasteiger partial charge in [-0.15, -0.1) is 0 Å². The molecule has 1 saturated carbocycles. The molecule has 0 N–H and O–H groups in total. The first-order valence-electron chi connectivity index (χ1n) is 7.84. The maximum absolute atomic E-state index is 4.92. The minimum atomic E-state index is 0.457. The van der Waals surface area contributed by atoms with Crippen LogP contribution in [0.25, 0.3) is 5.70 Å². The van der Waals surface area contributed by atoms with Crippen molar-refractivity contribution in [2.45, 2.75) is 19.8 Å². The summed E-state index contributed by atoms with van der Waals surface area (Å²) in [6, 6.07) is 8.22. The standard InChI is InChI=1S/C20H22N2/c1-4-5-6-9-14-22-16(3)18-10-7-8-11-19(18)21-20(22)15(2)17-12-13-17/h4-11,14-15,17H,1,3,12-13H2,2H3/b6-5-,14-9+. The predicted molar refractivity (Wildman–Crippen MR) is 94.8 cm³/mol. The minimum absolute atomic E-state index is 0.457. The van der Waals surface area contributed by atoms with E-state index in [2.05, 4.69) is 43.3 Å². The van der Waals surface area contributed by atoms with Crippen LogP contribution in [0.5, 0.6) is 0 Å². The summed E-state index contributed by atoms with van der Waals surface area (Å²) in [5.74, 6) is 2.32. The normalized spacial score (nSPS) is 19.4. The van der Waals surface area contributed by atoms with Crippen molar-refractivity contribution in [3.05, 3.63) is 73.5 Å². The van der Waals surface area contributed by atoms with Crippen LogP contribution in [0, 0.1) is 11.8 Å². The number of para-hydroxylation sites is 1. The van der Waals surface area contributed by atoms with Crippen molar-refractivity contribution in [2.24, 2.45) is 16.8 Å². The third-order valence-corrected chi connectivity index (χ3v) is 4.32. The fourth-order valence-corrected chi connectivity index (χ4v) is 2.83. The zero-order valence-corrected chi connectivity index (χ0v) is 13.1. The molecule has 0 radical (unpaired) electrons. The molecule has 0 bridgehead atoms. The average molecular weight is 290 g/mol. The van der Waals surface area contributed by atoms with E-state index in [1.807, 2.05) is 30.4 Å². The van der Waals surface area contributed by atoms with Gasteiger partial charge in [-0.25, -0.2) is 4.99 Å². The first-order chi connectivity index (χ1) is 10.7. The smallest absolute Gasteiger partial charge is 0.116 e. The second kappa shape index (κ2) is 6.18. The Balaban J connectivity index is 1.98. The third-order valence-electron chi connectivity index (χ3n) is 4.32. The molecule has 1 fully saturated rings. The Kier molecular flexibility index (Phi) is 4.10. The van der Waals surface area contributed by atoms with Crippen LogP contribution in [0.15, 0.2) is 72.9 Å². The lowest BCUT2D eigenvalue weighted by Gasteiger charge is -2.32. The second-order valence-electron chi connectivity index (χ2n) is 5.89. The van der Waals surface area contributed by atoms with Crippen LogP contribution in [0.3, 0.4) is 0 Å². The fraction of sp³-hybridized carbons (Fsp3) is 0.250. The quantitative estimate of drug-likeness (QED) is 0.671. The average Bonchev–Trinajstić information content (AvgIpc) is 3.37. The molecule has 0 aromatic heterocycles. The Morgan fingerprint density at radius 3 is 2.73 bits per heavy atom. The van der Waals surface area contributed by atoms with Gasteiger partial charge in [0.15, 0.2) is 0 Å². The van der Waals surface area contributed by atoms with Crippen molar-refractivity contribution in [3.63, 3.8) is 0 Å². The fourth-order valence-electron chi connectivity index (χ4n) is 2.83. The van der Waals surface area contributed by atoms with Crippen LogP contribution in [0.2, 0.25) is 0 Å². The highest BCUT2D eigenvalue weighted by atomic mass is 15.2. The molecular weight excluding hydrogens is 268 g/mol. The number of allylic oxidation sites excluding steroid dienone is 4. The van der Waals surface area contributed by atoms with Gasteiger partial charge in [0.25, 0.3) is 0 Å². The summed E-state index contributed by atoms with van der Waals surface area (Å²) in [5.41, 5.74) is 3.13. The molecule has 0 amide bonds. The molecule has 1 aliphatic carbocycles. The van der Waals surface area contributed by atoms with Crippen molar-refractivity contribution in [1.82, 2.24) is 4.90 Å². The summed E-state index contributed by atoms with van der Waals surface area (Å²) in [7, 11) is 0. The number of aliphatic imine (C=N–C) groups is 1. The van der Waals surface area contributed by atoms with Gasteiger partial charge in [0, 0.05) is 23.4 Å². The molecular formula is C20H22N2. The molecule has 1 aromatic rings. The highest BCUT2D eigenvalue weighted by Gasteiger charge is 2.35. The van der Waals surface area contributed by atoms with Gasteiger partial charge in [0.1, 0.15) is 5.84 Å². The summed E-state index contributed by atoms with van der Waals surface area (Å²) in [5, 5.41) is 0. The molecule has 0 spiro atoms. The van der Waals surface area contributed by atoms with Gasteiger partial charge in [0.05, 0.1) is 5.69 Å². The van der Waals surface area contributed by atoms with Crippen molar-refractivity contribution in [1.29, 1.82) is 0 Å². The molecule has 2 aliphatic rings. The number of hydrogen-bond acceptors (Lipinski definition) is 2. The molecule has 1 aliphatic heterocycles. The number of nitrogens with zero attached hydrogens (tertiary/aromatic N) is 2. The van der Waals surface area contributed by atoms with Crippen LogP contribution >= 0.6 is 0 Å². The lowest BCUT2D eigenvalue weighted by molar-refractivity contribution is 0.594. The van der Waals surface area contributed by atoms with E-state index in [4.69, 9.17) is 4.99 Å². The van der Waals surface area contributed by atoms with Crippen molar-refractivity contribution in [2.75, 3.05) is 0 Å². The highest BCUT2D eigenvalue weighted by molar-refractivity contribution is 6.00. The largest absolute Gasteiger partial charge is 0.305 e. The Hall–Kier alpha value is -2.35. The van der Waals surface area contributed by atoms with E-state index in [0.29, 0.717) is 5.92 Å². The highest BCUT2D eigenvalue weighted by Crippen LogP contribution is 2.42. The molecule has 22 heavy (non-hydrogen) atoms. The van der Waals surface area contributed by atoms with E-state index < -0.39 is 0 Å². The number of benzene rings is 1. The van der Waals surface area contributed by atoms with Gasteiger partial charge in [-0.3, -0.25) is 0 Å². The van der Waals surface area contributed by atoms with Crippen LogP contribution in [-0.2, 0) is 0 Å². The molecule has 2 nitrogen and oxygen atoms in total. The lowest BCUT2D eigenvalue weighted by atomic mass is 9.99. The number of fused-ring (bicyclic) bond motifs is 1. The molecule has 1 unspecified atom stereocenters. The van der Waals surface area contributed by atoms with E-state index in [1.165, 1.54) is 12.8 Å². The van der Waals surface area contributed by atoms with Crippen molar-refractivity contribution >= 4 is 17.2 Å². The predicted octanol–water partition coefficient (Wildman–Crippen LogP) is 5.30. The Labute approximate surface area is 132 Å². The summed E-state index contributed by atoms with van der Waals surface area (Å²) in [6.07, 6.45) is 12.3. The van der Waals surface area contributed by atoms with E-state index in [1.54, 1.807) is 6.08 Å². The van der Waals surface area contributed by atoms with Crippen molar-refractivity contribution < 1.29 is 0 Å². The lowest BCUT2D eigenvalue weighted by Crippen LogP contribution is -2.32. The van der Waals surface area contributed by atoms with Crippen LogP contribution in [0.4, 0.5) is 5.69 Å². The van der Waals surface area contributed by atoms with Crippen LogP contribution < -0.4 is 0 Å². The molecule has 3 rings (SSSR count). The van der Waals surface area contributed by atoms with Gasteiger partial charge in [0.2, 0.25) is 0 Å². The topological polar surface area (TPSA) is 15.6 Å². The number of rotatable bonds is 5.